The van der Waals surface area contributed by atoms with Crippen LogP contribution in [0.1, 0.15) is 41.7 Å². The highest BCUT2D eigenvalue weighted by Gasteiger charge is 2.41. The van der Waals surface area contributed by atoms with Crippen molar-refractivity contribution in [2.75, 3.05) is 16.8 Å². The van der Waals surface area contributed by atoms with Crippen LogP contribution in [0, 0.1) is 0 Å². The van der Waals surface area contributed by atoms with E-state index < -0.39 is 46.7 Å². The maximum atomic E-state index is 14.0. The van der Waals surface area contributed by atoms with Crippen LogP contribution in [0.25, 0.3) is 10.8 Å². The van der Waals surface area contributed by atoms with Crippen molar-refractivity contribution in [3.05, 3.63) is 173 Å². The Bertz CT molecular complexity index is 2230. The molecule has 0 radical (unpaired) electrons. The first-order chi connectivity index (χ1) is 25.8. The Morgan fingerprint density at radius 2 is 1.38 bits per heavy atom. The van der Waals surface area contributed by atoms with Gasteiger partial charge in [-0.05, 0) is 70.8 Å². The van der Waals surface area contributed by atoms with Gasteiger partial charge in [0.1, 0.15) is 5.76 Å². The molecule has 0 aromatic heterocycles. The molecule has 12 heteroatoms. The molecule has 5 aromatic carbocycles. The van der Waals surface area contributed by atoms with Gasteiger partial charge in [0, 0.05) is 46.2 Å². The molecule has 286 valence electrons. The zero-order valence-electron chi connectivity index (χ0n) is 29.6. The maximum absolute atomic E-state index is 14.0. The molecule has 5 aromatic rings. The molecule has 1 aliphatic rings. The summed E-state index contributed by atoms with van der Waals surface area (Å²) in [5.74, 6) is -0.555. The Morgan fingerprint density at radius 1 is 0.764 bits per heavy atom. The van der Waals surface area contributed by atoms with Crippen molar-refractivity contribution in [2.24, 2.45) is 0 Å². The molecule has 55 heavy (non-hydrogen) atoms. The number of alkyl halides is 9. The van der Waals surface area contributed by atoms with Gasteiger partial charge in [-0.3, -0.25) is 0 Å². The molecule has 0 saturated carbocycles. The zero-order valence-corrected chi connectivity index (χ0v) is 29.6. The molecular formula is C43H35F9N2O. The molecule has 0 saturated heterocycles. The van der Waals surface area contributed by atoms with Gasteiger partial charge in [-0.15, -0.1) is 13.2 Å². The number of benzene rings is 5. The lowest BCUT2D eigenvalue weighted by molar-refractivity contribution is -0.303. The molecule has 0 aliphatic carbocycles. The average Bonchev–Trinajstić information content (AvgIpc) is 3.32. The summed E-state index contributed by atoms with van der Waals surface area (Å²) in [5, 5.41) is 3.83. The Morgan fingerprint density at radius 3 is 2.04 bits per heavy atom. The van der Waals surface area contributed by atoms with Gasteiger partial charge in [0.2, 0.25) is 0 Å². The van der Waals surface area contributed by atoms with Gasteiger partial charge in [0.15, 0.2) is 0 Å². The molecule has 0 atom stereocenters. The third kappa shape index (κ3) is 9.01. The lowest BCUT2D eigenvalue weighted by Crippen LogP contribution is -2.28. The first-order valence-corrected chi connectivity index (χ1v) is 17.1. The van der Waals surface area contributed by atoms with E-state index in [-0.39, 0.29) is 23.7 Å². The fourth-order valence-corrected chi connectivity index (χ4v) is 6.88. The number of hydrogen-bond donors (Lipinski definition) is 1. The molecular weight excluding hydrogens is 731 g/mol. The summed E-state index contributed by atoms with van der Waals surface area (Å²) in [6, 6.07) is 28.4. The number of rotatable bonds is 10. The predicted molar refractivity (Wildman–Crippen MR) is 197 cm³/mol. The highest BCUT2D eigenvalue weighted by molar-refractivity contribution is 5.97. The lowest BCUT2D eigenvalue weighted by Gasteiger charge is -2.28. The van der Waals surface area contributed by atoms with E-state index in [4.69, 9.17) is 0 Å². The van der Waals surface area contributed by atoms with E-state index in [2.05, 4.69) is 16.6 Å². The number of nitrogens with one attached hydrogen (secondary N) is 1. The molecule has 0 amide bonds. The highest BCUT2D eigenvalue weighted by Crippen LogP contribution is 2.48. The largest absolute Gasteiger partial charge is 0.573 e. The topological polar surface area (TPSA) is 24.5 Å². The lowest BCUT2D eigenvalue weighted by atomic mass is 9.83. The van der Waals surface area contributed by atoms with Crippen LogP contribution in [0.5, 0.6) is 0 Å². The minimum Gasteiger partial charge on any atom is -0.406 e. The number of anilines is 3. The quantitative estimate of drug-likeness (QED) is 0.0870. The van der Waals surface area contributed by atoms with Crippen molar-refractivity contribution >= 4 is 27.8 Å². The SMILES string of the molecule is C=C(/C=C(/C=C1/N(CCc2ccccc2)c2ccccc2C1(C)C)OC(F)(F)F)Cc1ccc2ccccc2c1Nc1cc(C(F)(F)F)cc(C(F)(F)F)c1. The molecule has 0 bridgehead atoms. The van der Waals surface area contributed by atoms with Crippen LogP contribution in [0.4, 0.5) is 56.6 Å². The normalized spacial score (nSPS) is 15.4. The van der Waals surface area contributed by atoms with E-state index in [9.17, 15) is 39.5 Å². The molecule has 0 fully saturated rings. The van der Waals surface area contributed by atoms with Crippen LogP contribution >= 0.6 is 0 Å². The number of allylic oxidation sites excluding steroid dienone is 4. The van der Waals surface area contributed by atoms with Gasteiger partial charge in [-0.1, -0.05) is 105 Å². The van der Waals surface area contributed by atoms with Crippen LogP contribution < -0.4 is 10.2 Å². The Balaban J connectivity index is 1.40. The maximum Gasteiger partial charge on any atom is 0.573 e. The van der Waals surface area contributed by atoms with Crippen LogP contribution in [0.15, 0.2) is 145 Å². The van der Waals surface area contributed by atoms with Crippen molar-refractivity contribution in [2.45, 2.75) is 50.8 Å². The van der Waals surface area contributed by atoms with Gasteiger partial charge in [0.05, 0.1) is 11.1 Å². The van der Waals surface area contributed by atoms with Gasteiger partial charge < -0.3 is 15.0 Å². The molecule has 1 heterocycles. The Kier molecular flexibility index (Phi) is 10.6. The number of nitrogens with zero attached hydrogens (tertiary/aromatic N) is 1. The molecule has 0 unspecified atom stereocenters. The fraction of sp³-hybridized carbons (Fsp3) is 0.209. The molecule has 6 rings (SSSR count). The van der Waals surface area contributed by atoms with Crippen molar-refractivity contribution < 1.29 is 44.3 Å². The van der Waals surface area contributed by atoms with E-state index in [0.29, 0.717) is 47.1 Å². The number of hydrogen-bond acceptors (Lipinski definition) is 3. The molecule has 3 nitrogen and oxygen atoms in total. The van der Waals surface area contributed by atoms with Crippen molar-refractivity contribution in [1.82, 2.24) is 0 Å². The summed E-state index contributed by atoms with van der Waals surface area (Å²) in [7, 11) is 0. The van der Waals surface area contributed by atoms with E-state index in [1.54, 1.807) is 36.4 Å². The Labute approximate surface area is 312 Å². The second-order valence-electron chi connectivity index (χ2n) is 13.7. The van der Waals surface area contributed by atoms with Gasteiger partial charge in [-0.2, -0.15) is 26.3 Å². The van der Waals surface area contributed by atoms with Crippen molar-refractivity contribution in [3.63, 3.8) is 0 Å². The summed E-state index contributed by atoms with van der Waals surface area (Å²) in [6.45, 7) is 8.26. The van der Waals surface area contributed by atoms with Crippen LogP contribution in [0.3, 0.4) is 0 Å². The summed E-state index contributed by atoms with van der Waals surface area (Å²) >= 11 is 0. The summed E-state index contributed by atoms with van der Waals surface area (Å²) in [4.78, 5) is 1.97. The monoisotopic (exact) mass is 766 g/mol. The predicted octanol–water partition coefficient (Wildman–Crippen LogP) is 13.1. The minimum absolute atomic E-state index is 0.0332. The molecule has 1 N–H and O–H groups in total. The average molecular weight is 767 g/mol. The van der Waals surface area contributed by atoms with E-state index in [1.807, 2.05) is 73.3 Å². The fourth-order valence-electron chi connectivity index (χ4n) is 6.88. The standard InChI is InChI=1S/C43H35F9N2O/c1-27(21-30-18-17-29-13-7-8-14-35(29)39(30)53-33-24-31(41(44,45)46)23-32(25-33)42(47,48)49)22-34(55-43(50,51)52)26-38-40(2,3)36-15-9-10-16-37(36)54(38)20-19-28-11-5-4-6-12-28/h4-18,22-26,53H,1,19-21H2,2-3H3/b34-22-,38-26+. The Hall–Kier alpha value is -5.65. The van der Waals surface area contributed by atoms with Crippen molar-refractivity contribution in [1.29, 1.82) is 0 Å². The van der Waals surface area contributed by atoms with Crippen LogP contribution in [-0.4, -0.2) is 12.9 Å². The summed E-state index contributed by atoms with van der Waals surface area (Å²) in [5.41, 5.74) is -0.247. The number of para-hydroxylation sites is 1. The number of fused-ring (bicyclic) bond motifs is 2. The summed E-state index contributed by atoms with van der Waals surface area (Å²) in [6.07, 6.45) is -12.3. The van der Waals surface area contributed by atoms with Crippen LogP contribution in [0.2, 0.25) is 0 Å². The van der Waals surface area contributed by atoms with E-state index in [0.717, 1.165) is 22.9 Å². The van der Waals surface area contributed by atoms with Gasteiger partial charge in [-0.25, -0.2) is 0 Å². The third-order valence-corrected chi connectivity index (χ3v) is 9.42. The first kappa shape index (κ1) is 39.1. The minimum atomic E-state index is -5.08. The second kappa shape index (κ2) is 14.9. The number of halogens is 9. The zero-order chi connectivity index (χ0) is 39.8. The summed E-state index contributed by atoms with van der Waals surface area (Å²) < 4.78 is 129. The smallest absolute Gasteiger partial charge is 0.406 e. The van der Waals surface area contributed by atoms with Gasteiger partial charge >= 0.3 is 18.7 Å². The molecule has 0 spiro atoms. The van der Waals surface area contributed by atoms with Crippen molar-refractivity contribution in [3.8, 4) is 0 Å². The number of ether oxygens (including phenoxy) is 1. The van der Waals surface area contributed by atoms with E-state index >= 15 is 0 Å². The second-order valence-corrected chi connectivity index (χ2v) is 13.7. The molecule has 1 aliphatic heterocycles. The highest BCUT2D eigenvalue weighted by atomic mass is 19.4. The first-order valence-electron chi connectivity index (χ1n) is 17.1. The van der Waals surface area contributed by atoms with E-state index in [1.165, 1.54) is 6.08 Å². The van der Waals surface area contributed by atoms with Crippen LogP contribution in [-0.2, 0) is 35.3 Å². The van der Waals surface area contributed by atoms with Gasteiger partial charge in [0.25, 0.3) is 0 Å². The third-order valence-electron chi connectivity index (χ3n) is 9.42.